The van der Waals surface area contributed by atoms with E-state index in [0.717, 1.165) is 0 Å². The Kier molecular flexibility index (Phi) is 5.71. The molecule has 2 rings (SSSR count). The highest BCUT2D eigenvalue weighted by Gasteiger charge is 2.25. The van der Waals surface area contributed by atoms with Crippen LogP contribution in [0.15, 0.2) is 12.1 Å². The Hall–Kier alpha value is -1.95. The Morgan fingerprint density at radius 2 is 2.00 bits per heavy atom. The van der Waals surface area contributed by atoms with Gasteiger partial charge in [0.1, 0.15) is 25.9 Å². The molecule has 1 heterocycles. The molecule has 0 aliphatic carbocycles. The van der Waals surface area contributed by atoms with Crippen LogP contribution >= 0.6 is 11.6 Å². The van der Waals surface area contributed by atoms with Crippen molar-refractivity contribution in [1.29, 1.82) is 0 Å². The number of halogens is 1. The van der Waals surface area contributed by atoms with Crippen molar-refractivity contribution in [2.24, 2.45) is 5.92 Å². The zero-order valence-electron chi connectivity index (χ0n) is 13.3. The lowest BCUT2D eigenvalue weighted by Gasteiger charge is -2.21. The molecule has 1 atom stereocenters. The van der Waals surface area contributed by atoms with Crippen LogP contribution in [0.3, 0.4) is 0 Å². The average molecular weight is 342 g/mol. The highest BCUT2D eigenvalue weighted by atomic mass is 35.5. The number of carbonyl (C=O) groups excluding carboxylic acids is 2. The number of benzene rings is 1. The Labute approximate surface area is 140 Å². The molecule has 0 fully saturated rings. The fourth-order valence-electron chi connectivity index (χ4n) is 2.21. The zero-order valence-corrected chi connectivity index (χ0v) is 14.1. The summed E-state index contributed by atoms with van der Waals surface area (Å²) in [7, 11) is 0. The van der Waals surface area contributed by atoms with Crippen LogP contribution in [0.5, 0.6) is 11.5 Å². The molecule has 0 saturated carbocycles. The molecule has 0 spiro atoms. The molecule has 6 nitrogen and oxygen atoms in total. The molecular weight excluding hydrogens is 322 g/mol. The van der Waals surface area contributed by atoms with Gasteiger partial charge in [0.15, 0.2) is 11.5 Å². The van der Waals surface area contributed by atoms with Crippen LogP contribution < -0.4 is 14.8 Å². The van der Waals surface area contributed by atoms with Gasteiger partial charge in [-0.05, 0) is 23.6 Å². The van der Waals surface area contributed by atoms with Gasteiger partial charge in [-0.15, -0.1) is 0 Å². The largest absolute Gasteiger partial charge is 0.486 e. The summed E-state index contributed by atoms with van der Waals surface area (Å²) >= 11 is 6.14. The number of fused-ring (bicyclic) bond motifs is 1. The Balaban J connectivity index is 2.03. The van der Waals surface area contributed by atoms with E-state index in [1.54, 1.807) is 12.1 Å². The quantitative estimate of drug-likeness (QED) is 0.832. The van der Waals surface area contributed by atoms with Gasteiger partial charge in [-0.2, -0.15) is 0 Å². The van der Waals surface area contributed by atoms with E-state index in [-0.39, 0.29) is 18.4 Å². The number of carbonyl (C=O) groups is 2. The summed E-state index contributed by atoms with van der Waals surface area (Å²) in [5, 5.41) is 3.00. The number of amides is 1. The molecule has 1 aliphatic rings. The SMILES string of the molecule is CC(=O)N[C@@H](C(=O)OCc1cc(Cl)c2c(c1)OCCO2)C(C)C. The first kappa shape index (κ1) is 17.4. The summed E-state index contributed by atoms with van der Waals surface area (Å²) in [5.41, 5.74) is 0.693. The lowest BCUT2D eigenvalue weighted by Crippen LogP contribution is -2.44. The van der Waals surface area contributed by atoms with Crippen molar-refractivity contribution in [3.8, 4) is 11.5 Å². The van der Waals surface area contributed by atoms with Crippen LogP contribution in [-0.4, -0.2) is 31.1 Å². The van der Waals surface area contributed by atoms with Gasteiger partial charge in [0.2, 0.25) is 5.91 Å². The maximum atomic E-state index is 12.1. The number of esters is 1. The van der Waals surface area contributed by atoms with E-state index in [2.05, 4.69) is 5.32 Å². The van der Waals surface area contributed by atoms with Crippen LogP contribution in [0.25, 0.3) is 0 Å². The van der Waals surface area contributed by atoms with E-state index in [9.17, 15) is 9.59 Å². The minimum absolute atomic E-state index is 0.0397. The maximum Gasteiger partial charge on any atom is 0.329 e. The van der Waals surface area contributed by atoms with E-state index in [0.29, 0.717) is 35.3 Å². The van der Waals surface area contributed by atoms with Crippen molar-refractivity contribution in [2.75, 3.05) is 13.2 Å². The van der Waals surface area contributed by atoms with E-state index < -0.39 is 12.0 Å². The first-order chi connectivity index (χ1) is 10.9. The minimum atomic E-state index is -0.680. The second-order valence-corrected chi connectivity index (χ2v) is 6.04. The molecule has 7 heteroatoms. The van der Waals surface area contributed by atoms with Crippen LogP contribution in [0.1, 0.15) is 26.3 Å². The summed E-state index contributed by atoms with van der Waals surface area (Å²) < 4.78 is 16.2. The number of ether oxygens (including phenoxy) is 3. The van der Waals surface area contributed by atoms with Crippen LogP contribution in [0, 0.1) is 5.92 Å². The summed E-state index contributed by atoms with van der Waals surface area (Å²) in [4.78, 5) is 23.3. The van der Waals surface area contributed by atoms with Crippen molar-refractivity contribution in [3.63, 3.8) is 0 Å². The molecule has 0 saturated heterocycles. The number of nitrogens with one attached hydrogen (secondary N) is 1. The zero-order chi connectivity index (χ0) is 17.0. The summed E-state index contributed by atoms with van der Waals surface area (Å²) in [6.45, 7) is 5.98. The lowest BCUT2D eigenvalue weighted by atomic mass is 10.0. The van der Waals surface area contributed by atoms with E-state index in [1.807, 2.05) is 13.8 Å². The summed E-state index contributed by atoms with van der Waals surface area (Å²) in [5.74, 6) is 0.211. The third kappa shape index (κ3) is 4.51. The molecule has 1 aromatic rings. The number of hydrogen-bond acceptors (Lipinski definition) is 5. The van der Waals surface area contributed by atoms with Crippen molar-refractivity contribution in [1.82, 2.24) is 5.32 Å². The molecule has 23 heavy (non-hydrogen) atoms. The third-order valence-corrected chi connectivity index (χ3v) is 3.60. The fourth-order valence-corrected chi connectivity index (χ4v) is 2.50. The molecule has 0 unspecified atom stereocenters. The molecule has 0 radical (unpaired) electrons. The van der Waals surface area contributed by atoms with E-state index in [1.165, 1.54) is 6.92 Å². The smallest absolute Gasteiger partial charge is 0.329 e. The van der Waals surface area contributed by atoms with Crippen molar-refractivity contribution in [2.45, 2.75) is 33.4 Å². The van der Waals surface area contributed by atoms with Gasteiger partial charge in [-0.3, -0.25) is 4.79 Å². The van der Waals surface area contributed by atoms with Crippen molar-refractivity contribution < 1.29 is 23.8 Å². The molecule has 1 aromatic carbocycles. The maximum absolute atomic E-state index is 12.1. The van der Waals surface area contributed by atoms with Crippen LogP contribution in [0.4, 0.5) is 0 Å². The predicted octanol–water partition coefficient (Wildman–Crippen LogP) is 2.32. The highest BCUT2D eigenvalue weighted by molar-refractivity contribution is 6.32. The average Bonchev–Trinajstić information content (AvgIpc) is 2.50. The van der Waals surface area contributed by atoms with Crippen molar-refractivity contribution in [3.05, 3.63) is 22.7 Å². The van der Waals surface area contributed by atoms with E-state index >= 15 is 0 Å². The second kappa shape index (κ2) is 7.55. The van der Waals surface area contributed by atoms with Crippen molar-refractivity contribution >= 4 is 23.5 Å². The van der Waals surface area contributed by atoms with Gasteiger partial charge in [0, 0.05) is 6.92 Å². The molecule has 0 aromatic heterocycles. The second-order valence-electron chi connectivity index (χ2n) is 5.63. The first-order valence-electron chi connectivity index (χ1n) is 7.40. The first-order valence-corrected chi connectivity index (χ1v) is 7.78. The highest BCUT2D eigenvalue weighted by Crippen LogP contribution is 2.38. The molecule has 1 amide bonds. The normalized spacial score (nSPS) is 14.3. The Morgan fingerprint density at radius 1 is 1.30 bits per heavy atom. The van der Waals surface area contributed by atoms with Gasteiger partial charge in [0.05, 0.1) is 5.02 Å². The summed E-state index contributed by atoms with van der Waals surface area (Å²) in [6, 6.07) is 2.72. The minimum Gasteiger partial charge on any atom is -0.486 e. The van der Waals surface area contributed by atoms with Crippen LogP contribution in [0.2, 0.25) is 5.02 Å². The van der Waals surface area contributed by atoms with Gasteiger partial charge in [-0.25, -0.2) is 4.79 Å². The Morgan fingerprint density at radius 3 is 2.65 bits per heavy atom. The topological polar surface area (TPSA) is 73.9 Å². The van der Waals surface area contributed by atoms with Gasteiger partial charge < -0.3 is 19.5 Å². The van der Waals surface area contributed by atoms with Gasteiger partial charge >= 0.3 is 5.97 Å². The Bertz CT molecular complexity index is 602. The lowest BCUT2D eigenvalue weighted by molar-refractivity contribution is -0.150. The van der Waals surface area contributed by atoms with Gasteiger partial charge in [0.25, 0.3) is 0 Å². The molecule has 126 valence electrons. The van der Waals surface area contributed by atoms with E-state index in [4.69, 9.17) is 25.8 Å². The van der Waals surface area contributed by atoms with Crippen LogP contribution in [-0.2, 0) is 20.9 Å². The molecule has 0 bridgehead atoms. The standard InChI is InChI=1S/C16H20ClNO5/c1-9(2)14(18-10(3)19)16(20)23-8-11-6-12(17)15-13(7-11)21-4-5-22-15/h6-7,9,14H,4-5,8H2,1-3H3,(H,18,19)/t14-/m1/s1. The fraction of sp³-hybridized carbons (Fsp3) is 0.500. The van der Waals surface area contributed by atoms with Gasteiger partial charge in [-0.1, -0.05) is 25.4 Å². The summed E-state index contributed by atoms with van der Waals surface area (Å²) in [6.07, 6.45) is 0. The third-order valence-electron chi connectivity index (χ3n) is 3.32. The number of hydrogen-bond donors (Lipinski definition) is 1. The predicted molar refractivity (Wildman–Crippen MR) is 84.7 cm³/mol. The number of rotatable bonds is 5. The molecular formula is C16H20ClNO5. The molecule has 1 N–H and O–H groups in total. The monoisotopic (exact) mass is 341 g/mol. The molecule has 1 aliphatic heterocycles.